The lowest BCUT2D eigenvalue weighted by atomic mass is 10.1. The van der Waals surface area contributed by atoms with E-state index in [1.807, 2.05) is 12.1 Å². The van der Waals surface area contributed by atoms with Crippen molar-refractivity contribution in [3.8, 4) is 0 Å². The van der Waals surface area contributed by atoms with Gasteiger partial charge in [0, 0.05) is 18.6 Å². The summed E-state index contributed by atoms with van der Waals surface area (Å²) in [5, 5.41) is 20.5. The third kappa shape index (κ3) is 3.44. The number of aryl methyl sites for hydroxylation is 1. The number of anilines is 1. The molecule has 2 N–H and O–H groups in total. The highest BCUT2D eigenvalue weighted by molar-refractivity contribution is 7.15. The number of nitrogens with one attached hydrogen (secondary N) is 2. The number of nitrogens with zero attached hydrogens (tertiary/aromatic N) is 6. The minimum Gasteiger partial charge on any atom is -0.306 e. The maximum absolute atomic E-state index is 13.2. The highest BCUT2D eigenvalue weighted by Gasteiger charge is 2.19. The Kier molecular flexibility index (Phi) is 4.79. The molecule has 5 heterocycles. The zero-order valence-electron chi connectivity index (χ0n) is 16.8. The predicted molar refractivity (Wildman–Crippen MR) is 119 cm³/mol. The number of rotatable bonds is 4. The lowest BCUT2D eigenvalue weighted by molar-refractivity contribution is 0.102. The number of hydrogen-bond acceptors (Lipinski definition) is 8. The van der Waals surface area contributed by atoms with Gasteiger partial charge < -0.3 is 4.57 Å². The van der Waals surface area contributed by atoms with Gasteiger partial charge in [-0.3, -0.25) is 29.7 Å². The second kappa shape index (κ2) is 7.78. The first-order valence-electron chi connectivity index (χ1n) is 9.61. The summed E-state index contributed by atoms with van der Waals surface area (Å²) in [6.45, 7) is 2.02. The summed E-state index contributed by atoms with van der Waals surface area (Å²) in [6.07, 6.45) is 4.91. The zero-order chi connectivity index (χ0) is 22.2. The number of pyridine rings is 3. The van der Waals surface area contributed by atoms with Gasteiger partial charge in [-0.05, 0) is 42.8 Å². The van der Waals surface area contributed by atoms with E-state index in [9.17, 15) is 9.59 Å². The predicted octanol–water partition coefficient (Wildman–Crippen LogP) is 1.98. The van der Waals surface area contributed by atoms with Crippen molar-refractivity contribution in [2.45, 2.75) is 13.5 Å². The molecule has 0 aliphatic heterocycles. The summed E-state index contributed by atoms with van der Waals surface area (Å²) >= 11 is 1.22. The molecule has 32 heavy (non-hydrogen) atoms. The lowest BCUT2D eigenvalue weighted by Gasteiger charge is -2.14. The standard InChI is InChI=1S/C21H16N8O2S/c1-12-26-27-21(32-12)25-19(30)14-10-15-18(24-16-4-2-3-9-28(16)20(15)31)29(17(14)22)11-13-5-7-23-8-6-13/h2-10,22H,11H2,1H3,(H,25,27,30). The van der Waals surface area contributed by atoms with Gasteiger partial charge in [0.25, 0.3) is 11.5 Å². The molecule has 0 spiro atoms. The van der Waals surface area contributed by atoms with Crippen LogP contribution < -0.4 is 16.4 Å². The number of aromatic nitrogens is 6. The second-order valence-electron chi connectivity index (χ2n) is 7.01. The molecule has 5 aromatic heterocycles. The summed E-state index contributed by atoms with van der Waals surface area (Å²) in [5.74, 6) is -0.547. The van der Waals surface area contributed by atoms with Gasteiger partial charge in [-0.15, -0.1) is 10.2 Å². The molecule has 0 atom stereocenters. The van der Waals surface area contributed by atoms with Crippen LogP contribution in [0.4, 0.5) is 5.13 Å². The van der Waals surface area contributed by atoms with Gasteiger partial charge in [0.2, 0.25) is 5.13 Å². The number of amides is 1. The number of fused-ring (bicyclic) bond motifs is 2. The van der Waals surface area contributed by atoms with E-state index in [4.69, 9.17) is 5.41 Å². The van der Waals surface area contributed by atoms with Gasteiger partial charge in [-0.1, -0.05) is 17.4 Å². The van der Waals surface area contributed by atoms with Gasteiger partial charge in [0.1, 0.15) is 21.8 Å². The van der Waals surface area contributed by atoms with Crippen LogP contribution in [-0.4, -0.2) is 35.0 Å². The van der Waals surface area contributed by atoms with Crippen molar-refractivity contribution in [2.24, 2.45) is 0 Å². The van der Waals surface area contributed by atoms with Crippen LogP contribution in [0.1, 0.15) is 20.9 Å². The van der Waals surface area contributed by atoms with E-state index in [1.165, 1.54) is 21.8 Å². The summed E-state index contributed by atoms with van der Waals surface area (Å²) < 4.78 is 2.97. The first-order chi connectivity index (χ1) is 15.5. The third-order valence-corrected chi connectivity index (χ3v) is 5.65. The van der Waals surface area contributed by atoms with Crippen LogP contribution in [-0.2, 0) is 6.54 Å². The summed E-state index contributed by atoms with van der Waals surface area (Å²) in [7, 11) is 0. The van der Waals surface area contributed by atoms with E-state index in [2.05, 4.69) is 25.5 Å². The van der Waals surface area contributed by atoms with Crippen molar-refractivity contribution in [1.29, 1.82) is 5.41 Å². The molecular weight excluding hydrogens is 428 g/mol. The van der Waals surface area contributed by atoms with E-state index in [1.54, 1.807) is 48.3 Å². The van der Waals surface area contributed by atoms with Crippen molar-refractivity contribution in [3.05, 3.63) is 87.0 Å². The monoisotopic (exact) mass is 444 g/mol. The van der Waals surface area contributed by atoms with Crippen molar-refractivity contribution in [3.63, 3.8) is 0 Å². The molecule has 5 aromatic rings. The van der Waals surface area contributed by atoms with Crippen LogP contribution in [0.2, 0.25) is 0 Å². The van der Waals surface area contributed by atoms with Crippen molar-refractivity contribution in [2.75, 3.05) is 5.32 Å². The molecule has 0 unspecified atom stereocenters. The molecule has 0 radical (unpaired) electrons. The molecule has 0 aromatic carbocycles. The van der Waals surface area contributed by atoms with Crippen molar-refractivity contribution >= 4 is 39.1 Å². The molecule has 0 saturated heterocycles. The van der Waals surface area contributed by atoms with E-state index in [0.29, 0.717) is 21.4 Å². The van der Waals surface area contributed by atoms with Crippen molar-refractivity contribution < 1.29 is 4.79 Å². The average molecular weight is 444 g/mol. The average Bonchev–Trinajstić information content (AvgIpc) is 3.21. The fourth-order valence-electron chi connectivity index (χ4n) is 3.40. The topological polar surface area (TPSA) is 131 Å². The number of hydrogen-bond donors (Lipinski definition) is 2. The second-order valence-corrected chi connectivity index (χ2v) is 8.19. The molecular formula is C21H16N8O2S. The quantitative estimate of drug-likeness (QED) is 0.408. The number of carbonyl (C=O) groups is 1. The Hall–Kier alpha value is -4.25. The molecule has 5 rings (SSSR count). The fraction of sp³-hybridized carbons (Fsp3) is 0.0952. The molecule has 0 fully saturated rings. The fourth-order valence-corrected chi connectivity index (χ4v) is 3.98. The Morgan fingerprint density at radius 3 is 2.75 bits per heavy atom. The number of carbonyl (C=O) groups excluding carboxylic acids is 1. The first kappa shape index (κ1) is 19.7. The smallest absolute Gasteiger partial charge is 0.267 e. The van der Waals surface area contributed by atoms with Gasteiger partial charge >= 0.3 is 0 Å². The van der Waals surface area contributed by atoms with Crippen LogP contribution in [0, 0.1) is 12.3 Å². The Labute approximate surface area is 184 Å². The summed E-state index contributed by atoms with van der Waals surface area (Å²) in [5.41, 5.74) is 1.28. The maximum atomic E-state index is 13.2. The first-order valence-corrected chi connectivity index (χ1v) is 10.4. The molecule has 158 valence electrons. The molecule has 0 bridgehead atoms. The van der Waals surface area contributed by atoms with Crippen LogP contribution in [0.15, 0.2) is 59.8 Å². The maximum Gasteiger partial charge on any atom is 0.267 e. The Morgan fingerprint density at radius 1 is 1.19 bits per heavy atom. The molecule has 1 amide bonds. The summed E-state index contributed by atoms with van der Waals surface area (Å²) in [4.78, 5) is 34.9. The molecule has 0 aliphatic carbocycles. The van der Waals surface area contributed by atoms with Gasteiger partial charge in [0.05, 0.1) is 17.5 Å². The van der Waals surface area contributed by atoms with Crippen molar-refractivity contribution in [1.82, 2.24) is 29.1 Å². The summed E-state index contributed by atoms with van der Waals surface area (Å²) in [6, 6.07) is 10.3. The Balaban J connectivity index is 1.75. The normalized spacial score (nSPS) is 11.2. The van der Waals surface area contributed by atoms with Gasteiger partial charge in [-0.25, -0.2) is 4.98 Å². The van der Waals surface area contributed by atoms with Gasteiger partial charge in [0.15, 0.2) is 0 Å². The minimum absolute atomic E-state index is 0.0363. The van der Waals surface area contributed by atoms with Crippen LogP contribution in [0.3, 0.4) is 0 Å². The molecule has 10 nitrogen and oxygen atoms in total. The zero-order valence-corrected chi connectivity index (χ0v) is 17.6. The van der Waals surface area contributed by atoms with Crippen LogP contribution in [0.5, 0.6) is 0 Å². The largest absolute Gasteiger partial charge is 0.306 e. The SMILES string of the molecule is Cc1nnc(NC(=O)c2cc3c(=O)n4ccccc4nc3n(Cc3ccncc3)c2=N)s1. The minimum atomic E-state index is -0.547. The highest BCUT2D eigenvalue weighted by Crippen LogP contribution is 2.16. The molecule has 11 heteroatoms. The van der Waals surface area contributed by atoms with Crippen LogP contribution in [0.25, 0.3) is 16.7 Å². The van der Waals surface area contributed by atoms with E-state index in [0.717, 1.165) is 5.56 Å². The third-order valence-electron chi connectivity index (χ3n) is 4.90. The van der Waals surface area contributed by atoms with E-state index >= 15 is 0 Å². The van der Waals surface area contributed by atoms with E-state index < -0.39 is 5.91 Å². The molecule has 0 aliphatic rings. The van der Waals surface area contributed by atoms with Crippen LogP contribution >= 0.6 is 11.3 Å². The highest BCUT2D eigenvalue weighted by atomic mass is 32.1. The molecule has 0 saturated carbocycles. The van der Waals surface area contributed by atoms with E-state index in [-0.39, 0.29) is 28.5 Å². The Morgan fingerprint density at radius 2 is 2.00 bits per heavy atom. The Bertz CT molecular complexity index is 1600. The van der Waals surface area contributed by atoms with Gasteiger partial charge in [-0.2, -0.15) is 0 Å². The lowest BCUT2D eigenvalue weighted by Crippen LogP contribution is -2.32.